The molecule has 1 atom stereocenters. The molecule has 1 saturated carbocycles. The number of carboxylic acid groups (broad SMARTS) is 1. The highest BCUT2D eigenvalue weighted by Gasteiger charge is 2.46. The van der Waals surface area contributed by atoms with Crippen LogP contribution in [-0.2, 0) is 14.8 Å². The highest BCUT2D eigenvalue weighted by molar-refractivity contribution is 7.89. The monoisotopic (exact) mass is 332 g/mol. The van der Waals surface area contributed by atoms with Crippen molar-refractivity contribution in [3.05, 3.63) is 0 Å². The van der Waals surface area contributed by atoms with E-state index in [2.05, 4.69) is 0 Å². The minimum atomic E-state index is -3.26. The van der Waals surface area contributed by atoms with E-state index in [0.29, 0.717) is 38.3 Å². The van der Waals surface area contributed by atoms with Gasteiger partial charge < -0.3 is 14.7 Å². The molecule has 2 saturated heterocycles. The Morgan fingerprint density at radius 3 is 2.45 bits per heavy atom. The summed E-state index contributed by atoms with van der Waals surface area (Å²) in [6, 6.07) is 0. The van der Waals surface area contributed by atoms with Gasteiger partial charge in [0.1, 0.15) is 6.23 Å². The summed E-state index contributed by atoms with van der Waals surface area (Å²) in [7, 11) is -1.65. The molecular weight excluding hydrogens is 308 g/mol. The first kappa shape index (κ1) is 16.0. The van der Waals surface area contributed by atoms with Crippen LogP contribution in [0.5, 0.6) is 0 Å². The van der Waals surface area contributed by atoms with Gasteiger partial charge >= 0.3 is 6.09 Å². The molecule has 0 bridgehead atoms. The zero-order chi connectivity index (χ0) is 16.0. The van der Waals surface area contributed by atoms with Crippen molar-refractivity contribution in [2.45, 2.75) is 50.4 Å². The van der Waals surface area contributed by atoms with E-state index in [-0.39, 0.29) is 11.4 Å². The molecular formula is C14H24N2O5S. The molecule has 0 aromatic carbocycles. The summed E-state index contributed by atoms with van der Waals surface area (Å²) in [5, 5.41) is 9.00. The summed E-state index contributed by atoms with van der Waals surface area (Å²) in [5.74, 6) is 0.546. The van der Waals surface area contributed by atoms with Crippen LogP contribution >= 0.6 is 0 Å². The number of ether oxygens (including phenoxy) is 1. The number of carbonyl (C=O) groups is 1. The van der Waals surface area contributed by atoms with Crippen LogP contribution < -0.4 is 0 Å². The van der Waals surface area contributed by atoms with Gasteiger partial charge in [-0.25, -0.2) is 13.2 Å². The predicted octanol–water partition coefficient (Wildman–Crippen LogP) is 1.31. The van der Waals surface area contributed by atoms with Gasteiger partial charge in [-0.15, -0.1) is 0 Å². The van der Waals surface area contributed by atoms with E-state index in [0.717, 1.165) is 19.3 Å². The molecule has 22 heavy (non-hydrogen) atoms. The number of hydrogen-bond donors (Lipinski definition) is 1. The van der Waals surface area contributed by atoms with Gasteiger partial charge in [0.25, 0.3) is 0 Å². The summed E-state index contributed by atoms with van der Waals surface area (Å²) < 4.78 is 32.2. The highest BCUT2D eigenvalue weighted by atomic mass is 32.2. The number of rotatable bonds is 4. The van der Waals surface area contributed by atoms with Crippen LogP contribution in [0, 0.1) is 5.92 Å². The number of nitrogens with zero attached hydrogens (tertiary/aromatic N) is 2. The van der Waals surface area contributed by atoms with Crippen molar-refractivity contribution in [3.8, 4) is 0 Å². The molecule has 126 valence electrons. The second kappa shape index (κ2) is 5.65. The number of hydrogen-bond acceptors (Lipinski definition) is 4. The molecule has 2 heterocycles. The molecule has 7 nitrogen and oxygen atoms in total. The molecule has 3 fully saturated rings. The van der Waals surface area contributed by atoms with Crippen molar-refractivity contribution in [2.75, 3.05) is 25.9 Å². The zero-order valence-corrected chi connectivity index (χ0v) is 13.7. The first-order chi connectivity index (χ1) is 10.3. The normalized spacial score (nSPS) is 28.5. The van der Waals surface area contributed by atoms with Crippen LogP contribution in [0.2, 0.25) is 0 Å². The Bertz CT molecular complexity index is 537. The Balaban J connectivity index is 1.59. The van der Waals surface area contributed by atoms with E-state index in [1.54, 1.807) is 7.05 Å². The molecule has 3 aliphatic rings. The lowest BCUT2D eigenvalue weighted by Gasteiger charge is -2.38. The van der Waals surface area contributed by atoms with Crippen LogP contribution in [0.4, 0.5) is 4.79 Å². The molecule has 1 N–H and O–H groups in total. The molecule has 3 rings (SSSR count). The SMILES string of the molecule is CN(C1CCC2(CCN(C(=O)O)CC2)O1)S(=O)(=O)CC1CC1. The minimum Gasteiger partial charge on any atom is -0.465 e. The summed E-state index contributed by atoms with van der Waals surface area (Å²) >= 11 is 0. The molecule has 0 radical (unpaired) electrons. The van der Waals surface area contributed by atoms with Crippen molar-refractivity contribution >= 4 is 16.1 Å². The Morgan fingerprint density at radius 2 is 1.91 bits per heavy atom. The van der Waals surface area contributed by atoms with Gasteiger partial charge in [0.2, 0.25) is 10.0 Å². The topological polar surface area (TPSA) is 87.2 Å². The summed E-state index contributed by atoms with van der Waals surface area (Å²) in [5.41, 5.74) is -0.347. The lowest BCUT2D eigenvalue weighted by molar-refractivity contribution is -0.101. The van der Waals surface area contributed by atoms with Gasteiger partial charge in [-0.1, -0.05) is 0 Å². The molecule has 0 aromatic heterocycles. The maximum absolute atomic E-state index is 12.3. The maximum Gasteiger partial charge on any atom is 0.407 e. The zero-order valence-electron chi connectivity index (χ0n) is 12.9. The third-order valence-corrected chi connectivity index (χ3v) is 7.17. The maximum atomic E-state index is 12.3. The molecule has 0 aromatic rings. The van der Waals surface area contributed by atoms with Gasteiger partial charge in [0.15, 0.2) is 0 Å². The third-order valence-electron chi connectivity index (χ3n) is 5.17. The second-order valence-corrected chi connectivity index (χ2v) is 8.88. The fourth-order valence-corrected chi connectivity index (χ4v) is 5.07. The number of likely N-dealkylation sites (tertiary alicyclic amines) is 1. The number of piperidine rings is 1. The molecule has 1 aliphatic carbocycles. The van der Waals surface area contributed by atoms with Crippen molar-refractivity contribution in [1.82, 2.24) is 9.21 Å². The van der Waals surface area contributed by atoms with E-state index >= 15 is 0 Å². The van der Waals surface area contributed by atoms with Crippen molar-refractivity contribution < 1.29 is 23.1 Å². The van der Waals surface area contributed by atoms with Crippen LogP contribution in [-0.4, -0.2) is 66.5 Å². The Morgan fingerprint density at radius 1 is 1.27 bits per heavy atom. The Labute approximate surface area is 131 Å². The number of sulfonamides is 1. The van der Waals surface area contributed by atoms with Crippen LogP contribution in [0.15, 0.2) is 0 Å². The summed E-state index contributed by atoms with van der Waals surface area (Å²) in [6.45, 7) is 0.918. The first-order valence-electron chi connectivity index (χ1n) is 7.93. The highest BCUT2D eigenvalue weighted by Crippen LogP contribution is 2.40. The van der Waals surface area contributed by atoms with Crippen molar-refractivity contribution in [2.24, 2.45) is 5.92 Å². The molecule has 2 aliphatic heterocycles. The van der Waals surface area contributed by atoms with E-state index < -0.39 is 22.3 Å². The predicted molar refractivity (Wildman–Crippen MR) is 79.9 cm³/mol. The molecule has 1 amide bonds. The van der Waals surface area contributed by atoms with Crippen LogP contribution in [0.3, 0.4) is 0 Å². The average molecular weight is 332 g/mol. The van der Waals surface area contributed by atoms with Gasteiger partial charge in [0, 0.05) is 20.1 Å². The lowest BCUT2D eigenvalue weighted by Crippen LogP contribution is -2.47. The standard InChI is InChI=1S/C14H24N2O5S/c1-15(22(19,20)10-11-2-3-11)12-4-5-14(21-12)6-8-16(9-7-14)13(17)18/h11-12H,2-10H2,1H3,(H,17,18). The van der Waals surface area contributed by atoms with Gasteiger partial charge in [-0.3, -0.25) is 0 Å². The minimum absolute atomic E-state index is 0.225. The van der Waals surface area contributed by atoms with Gasteiger partial charge in [0.05, 0.1) is 11.4 Å². The Kier molecular flexibility index (Phi) is 4.11. The van der Waals surface area contributed by atoms with E-state index in [1.165, 1.54) is 9.21 Å². The first-order valence-corrected chi connectivity index (χ1v) is 9.54. The van der Waals surface area contributed by atoms with E-state index in [1.807, 2.05) is 0 Å². The molecule has 8 heteroatoms. The number of amides is 1. The van der Waals surface area contributed by atoms with E-state index in [9.17, 15) is 13.2 Å². The quantitative estimate of drug-likeness (QED) is 0.838. The smallest absolute Gasteiger partial charge is 0.407 e. The van der Waals surface area contributed by atoms with Crippen molar-refractivity contribution in [1.29, 1.82) is 0 Å². The second-order valence-electron chi connectivity index (χ2n) is 6.80. The largest absolute Gasteiger partial charge is 0.465 e. The third kappa shape index (κ3) is 3.23. The Hall–Kier alpha value is -0.860. The van der Waals surface area contributed by atoms with Crippen LogP contribution in [0.1, 0.15) is 38.5 Å². The lowest BCUT2D eigenvalue weighted by atomic mass is 9.89. The summed E-state index contributed by atoms with van der Waals surface area (Å²) in [6.07, 6.45) is 3.50. The van der Waals surface area contributed by atoms with Gasteiger partial charge in [-0.2, -0.15) is 4.31 Å². The van der Waals surface area contributed by atoms with Gasteiger partial charge in [-0.05, 0) is 44.4 Å². The molecule has 1 spiro atoms. The van der Waals surface area contributed by atoms with Crippen LogP contribution in [0.25, 0.3) is 0 Å². The van der Waals surface area contributed by atoms with Crippen molar-refractivity contribution in [3.63, 3.8) is 0 Å². The fourth-order valence-electron chi connectivity index (χ4n) is 3.40. The van der Waals surface area contributed by atoms with E-state index in [4.69, 9.17) is 9.84 Å². The molecule has 1 unspecified atom stereocenters. The summed E-state index contributed by atoms with van der Waals surface area (Å²) in [4.78, 5) is 12.4. The fraction of sp³-hybridized carbons (Fsp3) is 0.929. The average Bonchev–Trinajstić information content (AvgIpc) is 3.17.